The van der Waals surface area contributed by atoms with E-state index < -0.39 is 12.0 Å². The molecule has 0 spiro atoms. The summed E-state index contributed by atoms with van der Waals surface area (Å²) in [5.74, 6) is -0.865. The van der Waals surface area contributed by atoms with Gasteiger partial charge in [0, 0.05) is 30.6 Å². The average Bonchev–Trinajstić information content (AvgIpc) is 2.68. The van der Waals surface area contributed by atoms with E-state index in [0.29, 0.717) is 0 Å². The van der Waals surface area contributed by atoms with Crippen LogP contribution in [0.5, 0.6) is 5.75 Å². The second-order valence-electron chi connectivity index (χ2n) is 4.12. The van der Waals surface area contributed by atoms with Gasteiger partial charge in [0.2, 0.25) is 0 Å². The van der Waals surface area contributed by atoms with Crippen LogP contribution in [0.1, 0.15) is 19.4 Å². The molecule has 0 amide bonds. The molecule has 0 aliphatic heterocycles. The lowest BCUT2D eigenvalue weighted by Crippen LogP contribution is -2.32. The number of aromatic hydroxyl groups is 1. The van der Waals surface area contributed by atoms with Crippen LogP contribution in [0.2, 0.25) is 0 Å². The fraction of sp³-hybridized carbons (Fsp3) is 0.357. The van der Waals surface area contributed by atoms with E-state index >= 15 is 0 Å². The Balaban J connectivity index is 0.000000861. The number of carboxylic acid groups (broad SMARTS) is 1. The van der Waals surface area contributed by atoms with E-state index in [-0.39, 0.29) is 12.2 Å². The monoisotopic (exact) mass is 264 g/mol. The lowest BCUT2D eigenvalue weighted by Gasteiger charge is -2.04. The molecule has 2 aromatic rings. The quantitative estimate of drug-likeness (QED) is 0.789. The molecule has 104 valence electrons. The summed E-state index contributed by atoms with van der Waals surface area (Å²) in [7, 11) is 1.87. The predicted molar refractivity (Wildman–Crippen MR) is 75.2 cm³/mol. The topological polar surface area (TPSA) is 88.5 Å². The van der Waals surface area contributed by atoms with Gasteiger partial charge in [-0.2, -0.15) is 0 Å². The number of aliphatic carboxylic acids is 1. The Bertz CT molecular complexity index is 575. The zero-order valence-electron chi connectivity index (χ0n) is 11.4. The Morgan fingerprint density at radius 2 is 2.05 bits per heavy atom. The summed E-state index contributed by atoms with van der Waals surface area (Å²) in [6.45, 7) is 4.00. The summed E-state index contributed by atoms with van der Waals surface area (Å²) in [6.07, 6.45) is 2.09. The minimum absolute atomic E-state index is 0.161. The first kappa shape index (κ1) is 15.0. The Morgan fingerprint density at radius 1 is 1.42 bits per heavy atom. The maximum atomic E-state index is 10.7. The summed E-state index contributed by atoms with van der Waals surface area (Å²) in [5, 5.41) is 19.1. The minimum Gasteiger partial charge on any atom is -0.508 e. The van der Waals surface area contributed by atoms with Crippen LogP contribution in [-0.2, 0) is 18.3 Å². The molecule has 1 heterocycles. The predicted octanol–water partition coefficient (Wildman–Crippen LogP) is 1.86. The molecule has 0 saturated carbocycles. The van der Waals surface area contributed by atoms with Crippen LogP contribution in [0.25, 0.3) is 10.9 Å². The number of fused-ring (bicyclic) bond motifs is 1. The first-order chi connectivity index (χ1) is 8.99. The molecule has 19 heavy (non-hydrogen) atoms. The maximum Gasteiger partial charge on any atom is 0.320 e. The van der Waals surface area contributed by atoms with Gasteiger partial charge in [-0.1, -0.05) is 13.8 Å². The highest BCUT2D eigenvalue weighted by Gasteiger charge is 2.15. The van der Waals surface area contributed by atoms with Crippen LogP contribution < -0.4 is 5.73 Å². The lowest BCUT2D eigenvalue weighted by molar-refractivity contribution is -0.138. The molecule has 0 radical (unpaired) electrons. The second kappa shape index (κ2) is 6.24. The minimum atomic E-state index is -1.03. The van der Waals surface area contributed by atoms with Gasteiger partial charge < -0.3 is 20.5 Å². The highest BCUT2D eigenvalue weighted by atomic mass is 16.4. The van der Waals surface area contributed by atoms with E-state index in [1.54, 1.807) is 18.2 Å². The van der Waals surface area contributed by atoms with E-state index in [1.807, 2.05) is 31.7 Å². The summed E-state index contributed by atoms with van der Waals surface area (Å²) < 4.78 is 1.89. The van der Waals surface area contributed by atoms with Crippen molar-refractivity contribution in [2.24, 2.45) is 12.8 Å². The van der Waals surface area contributed by atoms with Gasteiger partial charge in [-0.15, -0.1) is 0 Å². The number of rotatable bonds is 3. The van der Waals surface area contributed by atoms with Crippen LogP contribution in [0.3, 0.4) is 0 Å². The molecule has 5 nitrogen and oxygen atoms in total. The van der Waals surface area contributed by atoms with Gasteiger partial charge in [0.05, 0.1) is 0 Å². The van der Waals surface area contributed by atoms with Crippen LogP contribution in [-0.4, -0.2) is 26.8 Å². The molecule has 0 fully saturated rings. The summed E-state index contributed by atoms with van der Waals surface area (Å²) in [4.78, 5) is 10.7. The van der Waals surface area contributed by atoms with Crippen LogP contribution >= 0.6 is 0 Å². The number of aryl methyl sites for hydroxylation is 1. The van der Waals surface area contributed by atoms with Crippen molar-refractivity contribution >= 4 is 16.9 Å². The molecule has 1 aromatic heterocycles. The fourth-order valence-electron chi connectivity index (χ4n) is 1.95. The first-order valence-corrected chi connectivity index (χ1v) is 6.24. The average molecular weight is 264 g/mol. The number of nitrogens with zero attached hydrogens (tertiary/aromatic N) is 1. The molecule has 2 rings (SSSR count). The van der Waals surface area contributed by atoms with Crippen molar-refractivity contribution in [3.63, 3.8) is 0 Å². The molecule has 5 heteroatoms. The number of carboxylic acids is 1. The molecule has 4 N–H and O–H groups in total. The number of nitrogens with two attached hydrogens (primary N) is 1. The Hall–Kier alpha value is -2.01. The zero-order chi connectivity index (χ0) is 14.6. The van der Waals surface area contributed by atoms with Crippen molar-refractivity contribution in [1.29, 1.82) is 0 Å². The van der Waals surface area contributed by atoms with Gasteiger partial charge in [0.25, 0.3) is 0 Å². The van der Waals surface area contributed by atoms with Gasteiger partial charge in [0.15, 0.2) is 0 Å². The summed E-state index contributed by atoms with van der Waals surface area (Å²) >= 11 is 0. The van der Waals surface area contributed by atoms with Crippen molar-refractivity contribution < 1.29 is 15.0 Å². The number of benzene rings is 1. The van der Waals surface area contributed by atoms with Gasteiger partial charge in [-0.3, -0.25) is 4.79 Å². The summed E-state index contributed by atoms with van der Waals surface area (Å²) in [6, 6.07) is 4.09. The van der Waals surface area contributed by atoms with Gasteiger partial charge in [-0.25, -0.2) is 0 Å². The Labute approximate surface area is 112 Å². The van der Waals surface area contributed by atoms with Crippen LogP contribution in [0, 0.1) is 0 Å². The molecule has 0 aliphatic carbocycles. The van der Waals surface area contributed by atoms with Crippen molar-refractivity contribution in [1.82, 2.24) is 4.57 Å². The molecule has 1 unspecified atom stereocenters. The smallest absolute Gasteiger partial charge is 0.320 e. The third-order valence-electron chi connectivity index (χ3n) is 2.81. The largest absolute Gasteiger partial charge is 0.508 e. The van der Waals surface area contributed by atoms with E-state index in [1.165, 1.54) is 0 Å². The van der Waals surface area contributed by atoms with Crippen molar-refractivity contribution in [3.8, 4) is 5.75 Å². The number of phenols is 1. The van der Waals surface area contributed by atoms with Gasteiger partial charge in [0.1, 0.15) is 11.8 Å². The molecule has 0 aliphatic rings. The molecular weight excluding hydrogens is 244 g/mol. The van der Waals surface area contributed by atoms with Crippen molar-refractivity contribution in [2.45, 2.75) is 26.3 Å². The molecule has 0 bridgehead atoms. The van der Waals surface area contributed by atoms with Gasteiger partial charge in [-0.05, 0) is 23.8 Å². The standard InChI is InChI=1S/C12H14N2O3.C2H6/c1-14-6-7(4-10(13)12(16)17)9-5-8(15)2-3-11(9)14;1-2/h2-3,5-6,10,15H,4,13H2,1H3,(H,16,17);1-2H3. The highest BCUT2D eigenvalue weighted by molar-refractivity contribution is 5.86. The number of phenolic OH excluding ortho intramolecular Hbond substituents is 1. The fourth-order valence-corrected chi connectivity index (χ4v) is 1.95. The normalized spacial score (nSPS) is 11.8. The highest BCUT2D eigenvalue weighted by Crippen LogP contribution is 2.25. The van der Waals surface area contributed by atoms with Crippen molar-refractivity contribution in [3.05, 3.63) is 30.0 Å². The molecule has 0 saturated heterocycles. The van der Waals surface area contributed by atoms with Crippen molar-refractivity contribution in [2.75, 3.05) is 0 Å². The first-order valence-electron chi connectivity index (χ1n) is 6.24. The van der Waals surface area contributed by atoms with E-state index in [9.17, 15) is 9.90 Å². The van der Waals surface area contributed by atoms with Crippen LogP contribution in [0.15, 0.2) is 24.4 Å². The Morgan fingerprint density at radius 3 is 2.63 bits per heavy atom. The van der Waals surface area contributed by atoms with E-state index in [2.05, 4.69) is 0 Å². The SMILES string of the molecule is CC.Cn1cc(CC(N)C(=O)O)c2cc(O)ccc21. The lowest BCUT2D eigenvalue weighted by atomic mass is 10.1. The third-order valence-corrected chi connectivity index (χ3v) is 2.81. The van der Waals surface area contributed by atoms with E-state index in [0.717, 1.165) is 16.5 Å². The zero-order valence-corrected chi connectivity index (χ0v) is 11.4. The molecule has 1 atom stereocenters. The number of aromatic nitrogens is 1. The van der Waals surface area contributed by atoms with Crippen LogP contribution in [0.4, 0.5) is 0 Å². The summed E-state index contributed by atoms with van der Waals surface area (Å²) in [5.41, 5.74) is 7.28. The molecule has 1 aromatic carbocycles. The number of hydrogen-bond acceptors (Lipinski definition) is 3. The Kier molecular flexibility index (Phi) is 4.94. The second-order valence-corrected chi connectivity index (χ2v) is 4.12. The third kappa shape index (κ3) is 3.26. The van der Waals surface area contributed by atoms with E-state index in [4.69, 9.17) is 10.8 Å². The number of hydrogen-bond donors (Lipinski definition) is 3. The maximum absolute atomic E-state index is 10.7. The number of carbonyl (C=O) groups is 1. The van der Waals surface area contributed by atoms with Gasteiger partial charge >= 0.3 is 5.97 Å². The molecular formula is C14H20N2O3.